The number of hydrogen-bond donors (Lipinski definition) is 0. The first-order chi connectivity index (χ1) is 13.7. The first-order valence-electron chi connectivity index (χ1n) is 9.64. The van der Waals surface area contributed by atoms with Crippen molar-refractivity contribution in [3.8, 4) is 0 Å². The molecule has 2 heterocycles. The molecule has 0 aliphatic carbocycles. The minimum atomic E-state index is -3.64. The van der Waals surface area contributed by atoms with Crippen LogP contribution in [0, 0.1) is 20.8 Å². The molecule has 0 unspecified atom stereocenters. The average molecular weight is 421 g/mol. The monoisotopic (exact) mass is 420 g/mol. The summed E-state index contributed by atoms with van der Waals surface area (Å²) in [5, 5.41) is 3.75. The van der Waals surface area contributed by atoms with Crippen molar-refractivity contribution >= 4 is 15.9 Å². The number of nitrogens with zero attached hydrogens (tertiary/aromatic N) is 4. The Bertz CT molecular complexity index is 959. The van der Waals surface area contributed by atoms with Crippen molar-refractivity contribution in [2.75, 3.05) is 39.8 Å². The maximum absolute atomic E-state index is 12.9. The Kier molecular flexibility index (Phi) is 6.40. The fourth-order valence-corrected chi connectivity index (χ4v) is 5.26. The topological polar surface area (TPSA) is 87.0 Å². The molecular weight excluding hydrogens is 392 g/mol. The molecule has 0 saturated carbocycles. The van der Waals surface area contributed by atoms with E-state index in [0.717, 1.165) is 11.1 Å². The molecule has 0 radical (unpaired) electrons. The van der Waals surface area contributed by atoms with Crippen LogP contribution in [0.15, 0.2) is 33.7 Å². The van der Waals surface area contributed by atoms with Gasteiger partial charge in [-0.2, -0.15) is 4.31 Å². The van der Waals surface area contributed by atoms with Crippen molar-refractivity contribution < 1.29 is 17.7 Å². The molecule has 8 nitrogen and oxygen atoms in total. The Morgan fingerprint density at radius 2 is 1.79 bits per heavy atom. The number of rotatable bonds is 6. The van der Waals surface area contributed by atoms with Gasteiger partial charge >= 0.3 is 0 Å². The normalized spacial score (nSPS) is 16.1. The Hall–Kier alpha value is -2.23. The van der Waals surface area contributed by atoms with Crippen LogP contribution in [0.2, 0.25) is 0 Å². The van der Waals surface area contributed by atoms with E-state index in [9.17, 15) is 13.2 Å². The molecule has 1 aromatic carbocycles. The van der Waals surface area contributed by atoms with E-state index >= 15 is 0 Å². The third-order valence-electron chi connectivity index (χ3n) is 5.35. The number of benzene rings is 1. The van der Waals surface area contributed by atoms with Gasteiger partial charge in [-0.25, -0.2) is 8.42 Å². The number of aryl methyl sites for hydroxylation is 3. The zero-order chi connectivity index (χ0) is 21.2. The summed E-state index contributed by atoms with van der Waals surface area (Å²) >= 11 is 0. The standard InChI is InChI=1S/C20H28N4O4S/c1-15-7-5-6-8-18(15)13-22(4)19(25)14-23-9-11-24(12-10-23)29(26,27)20-16(2)21-28-17(20)3/h5-8H,9-14H2,1-4H3. The zero-order valence-corrected chi connectivity index (χ0v) is 18.2. The number of sulfonamides is 1. The van der Waals surface area contributed by atoms with Gasteiger partial charge in [0.25, 0.3) is 0 Å². The van der Waals surface area contributed by atoms with Gasteiger partial charge < -0.3 is 9.42 Å². The summed E-state index contributed by atoms with van der Waals surface area (Å²) in [5.41, 5.74) is 2.65. The van der Waals surface area contributed by atoms with Gasteiger partial charge in [0.1, 0.15) is 10.6 Å². The molecule has 0 N–H and O–H groups in total. The first kappa shape index (κ1) is 21.5. The smallest absolute Gasteiger partial charge is 0.248 e. The van der Waals surface area contributed by atoms with Crippen LogP contribution in [-0.2, 0) is 21.4 Å². The second-order valence-electron chi connectivity index (χ2n) is 7.51. The van der Waals surface area contributed by atoms with Crippen LogP contribution in [-0.4, -0.2) is 73.4 Å². The number of piperazine rings is 1. The molecule has 1 amide bonds. The maximum Gasteiger partial charge on any atom is 0.248 e. The second kappa shape index (κ2) is 8.64. The van der Waals surface area contributed by atoms with E-state index in [1.807, 2.05) is 36.1 Å². The van der Waals surface area contributed by atoms with E-state index in [1.165, 1.54) is 4.31 Å². The second-order valence-corrected chi connectivity index (χ2v) is 9.38. The van der Waals surface area contributed by atoms with E-state index in [2.05, 4.69) is 5.16 Å². The van der Waals surface area contributed by atoms with Crippen molar-refractivity contribution in [2.24, 2.45) is 0 Å². The lowest BCUT2D eigenvalue weighted by molar-refractivity contribution is -0.131. The lowest BCUT2D eigenvalue weighted by atomic mass is 10.1. The van der Waals surface area contributed by atoms with Crippen molar-refractivity contribution in [1.29, 1.82) is 0 Å². The summed E-state index contributed by atoms with van der Waals surface area (Å²) in [6.45, 7) is 7.79. The van der Waals surface area contributed by atoms with Crippen molar-refractivity contribution in [1.82, 2.24) is 19.3 Å². The molecule has 1 fully saturated rings. The minimum absolute atomic E-state index is 0.0234. The third kappa shape index (κ3) is 4.68. The van der Waals surface area contributed by atoms with Gasteiger partial charge in [-0.1, -0.05) is 29.4 Å². The maximum atomic E-state index is 12.9. The van der Waals surface area contributed by atoms with E-state index in [4.69, 9.17) is 4.52 Å². The lowest BCUT2D eigenvalue weighted by Crippen LogP contribution is -2.51. The Morgan fingerprint density at radius 3 is 2.38 bits per heavy atom. The van der Waals surface area contributed by atoms with Crippen LogP contribution in [0.25, 0.3) is 0 Å². The van der Waals surface area contributed by atoms with E-state index in [-0.39, 0.29) is 17.3 Å². The molecule has 2 aromatic rings. The van der Waals surface area contributed by atoms with E-state index in [0.29, 0.717) is 44.2 Å². The van der Waals surface area contributed by atoms with Crippen LogP contribution >= 0.6 is 0 Å². The van der Waals surface area contributed by atoms with Gasteiger partial charge in [0.05, 0.1) is 6.54 Å². The third-order valence-corrected chi connectivity index (χ3v) is 7.49. The fraction of sp³-hybridized carbons (Fsp3) is 0.500. The van der Waals surface area contributed by atoms with Crippen molar-refractivity contribution in [2.45, 2.75) is 32.2 Å². The molecule has 0 atom stereocenters. The molecule has 1 aromatic heterocycles. The van der Waals surface area contributed by atoms with Gasteiger partial charge in [-0.15, -0.1) is 0 Å². The Balaban J connectivity index is 1.56. The molecule has 0 bridgehead atoms. The number of aromatic nitrogens is 1. The van der Waals surface area contributed by atoms with Crippen LogP contribution in [0.4, 0.5) is 0 Å². The first-order valence-corrected chi connectivity index (χ1v) is 11.1. The van der Waals surface area contributed by atoms with Gasteiger partial charge in [0.2, 0.25) is 15.9 Å². The number of carbonyl (C=O) groups is 1. The minimum Gasteiger partial charge on any atom is -0.360 e. The van der Waals surface area contributed by atoms with Crippen LogP contribution in [0.1, 0.15) is 22.6 Å². The quantitative estimate of drug-likeness (QED) is 0.705. The van der Waals surface area contributed by atoms with E-state index in [1.54, 1.807) is 25.8 Å². The molecule has 1 saturated heterocycles. The molecule has 3 rings (SSSR count). The summed E-state index contributed by atoms with van der Waals surface area (Å²) in [5.74, 6) is 0.327. The van der Waals surface area contributed by atoms with Crippen molar-refractivity contribution in [3.05, 3.63) is 46.8 Å². The van der Waals surface area contributed by atoms with Crippen LogP contribution < -0.4 is 0 Å². The van der Waals surface area contributed by atoms with Gasteiger partial charge in [-0.05, 0) is 31.9 Å². The molecule has 1 aliphatic rings. The molecular formula is C20H28N4O4S. The highest BCUT2D eigenvalue weighted by molar-refractivity contribution is 7.89. The highest BCUT2D eigenvalue weighted by Crippen LogP contribution is 2.24. The Labute approximate surface area is 172 Å². The summed E-state index contributed by atoms with van der Waals surface area (Å²) in [4.78, 5) is 16.5. The van der Waals surface area contributed by atoms with E-state index < -0.39 is 10.0 Å². The number of hydrogen-bond acceptors (Lipinski definition) is 6. The summed E-state index contributed by atoms with van der Waals surface area (Å²) in [7, 11) is -1.84. The largest absolute Gasteiger partial charge is 0.360 e. The molecule has 158 valence electrons. The summed E-state index contributed by atoms with van der Waals surface area (Å²) in [6.07, 6.45) is 0. The number of likely N-dealkylation sites (N-methyl/N-ethyl adjacent to an activating group) is 1. The SMILES string of the molecule is Cc1ccccc1CN(C)C(=O)CN1CCN(S(=O)(=O)c2c(C)noc2C)CC1. The van der Waals surface area contributed by atoms with Gasteiger partial charge in [0.15, 0.2) is 5.76 Å². The fourth-order valence-electron chi connectivity index (χ4n) is 3.54. The van der Waals surface area contributed by atoms with Gasteiger partial charge in [0, 0.05) is 39.8 Å². The number of carbonyl (C=O) groups excluding carboxylic acids is 1. The van der Waals surface area contributed by atoms with Gasteiger partial charge in [-0.3, -0.25) is 9.69 Å². The summed E-state index contributed by atoms with van der Waals surface area (Å²) < 4.78 is 32.2. The van der Waals surface area contributed by atoms with Crippen molar-refractivity contribution in [3.63, 3.8) is 0 Å². The lowest BCUT2D eigenvalue weighted by Gasteiger charge is -2.34. The molecule has 0 spiro atoms. The molecule has 29 heavy (non-hydrogen) atoms. The summed E-state index contributed by atoms with van der Waals surface area (Å²) in [6, 6.07) is 8.01. The highest BCUT2D eigenvalue weighted by Gasteiger charge is 2.33. The number of amides is 1. The average Bonchev–Trinajstić information content (AvgIpc) is 3.03. The van der Waals surface area contributed by atoms with Crippen LogP contribution in [0.3, 0.4) is 0 Å². The molecule has 9 heteroatoms. The predicted octanol–water partition coefficient (Wildman–Crippen LogP) is 1.56. The predicted molar refractivity (Wildman–Crippen MR) is 109 cm³/mol. The zero-order valence-electron chi connectivity index (χ0n) is 17.4. The van der Waals surface area contributed by atoms with Crippen LogP contribution in [0.5, 0.6) is 0 Å². The Morgan fingerprint density at radius 1 is 1.14 bits per heavy atom. The highest BCUT2D eigenvalue weighted by atomic mass is 32.2. The molecule has 1 aliphatic heterocycles.